The molecule has 0 bridgehead atoms. The van der Waals surface area contributed by atoms with Crippen LogP contribution in [0.15, 0.2) is 16.7 Å². The summed E-state index contributed by atoms with van der Waals surface area (Å²) >= 11 is 2.71. The van der Waals surface area contributed by atoms with Gasteiger partial charge in [-0.1, -0.05) is 0 Å². The molecule has 16 heavy (non-hydrogen) atoms. The number of hydrogen-bond donors (Lipinski definition) is 0. The summed E-state index contributed by atoms with van der Waals surface area (Å²) in [6.45, 7) is 0. The zero-order valence-corrected chi connectivity index (χ0v) is 9.72. The van der Waals surface area contributed by atoms with Crippen molar-refractivity contribution in [1.82, 2.24) is 4.98 Å². The molecule has 3 nitrogen and oxygen atoms in total. The van der Waals surface area contributed by atoms with E-state index in [9.17, 15) is 18.0 Å². The first-order valence-electron chi connectivity index (χ1n) is 4.14. The highest BCUT2D eigenvalue weighted by Crippen LogP contribution is 2.33. The summed E-state index contributed by atoms with van der Waals surface area (Å²) in [7, 11) is 1.20. The molecule has 1 aromatic heterocycles. The minimum Gasteiger partial charge on any atom is -0.469 e. The highest BCUT2D eigenvalue weighted by molar-refractivity contribution is 9.10. The normalized spacial score (nSPS) is 11.3. The molecule has 0 fully saturated rings. The highest BCUT2D eigenvalue weighted by Gasteiger charge is 2.33. The van der Waals surface area contributed by atoms with E-state index in [0.717, 1.165) is 12.1 Å². The summed E-state index contributed by atoms with van der Waals surface area (Å²) in [5, 5.41) is 0. The quantitative estimate of drug-likeness (QED) is 0.622. The van der Waals surface area contributed by atoms with Crippen molar-refractivity contribution in [3.05, 3.63) is 28.0 Å². The molecule has 0 spiro atoms. The van der Waals surface area contributed by atoms with E-state index >= 15 is 0 Å². The molecule has 0 atom stereocenters. The Morgan fingerprint density at radius 3 is 2.56 bits per heavy atom. The molecule has 0 unspecified atom stereocenters. The van der Waals surface area contributed by atoms with Gasteiger partial charge in [0.05, 0.1) is 24.8 Å². The second kappa shape index (κ2) is 4.82. The van der Waals surface area contributed by atoms with Crippen molar-refractivity contribution in [2.45, 2.75) is 12.6 Å². The van der Waals surface area contributed by atoms with Gasteiger partial charge in [0, 0.05) is 0 Å². The first-order valence-corrected chi connectivity index (χ1v) is 4.93. The largest absolute Gasteiger partial charge is 0.469 e. The second-order valence-corrected chi connectivity index (χ2v) is 3.64. The Morgan fingerprint density at radius 1 is 1.50 bits per heavy atom. The summed E-state index contributed by atoms with van der Waals surface area (Å²) in [6, 6.07) is 2.01. The molecule has 1 rings (SSSR count). The van der Waals surface area contributed by atoms with E-state index < -0.39 is 17.7 Å². The monoisotopic (exact) mass is 297 g/mol. The highest BCUT2D eigenvalue weighted by atomic mass is 79.9. The Labute approximate surface area is 97.8 Å². The van der Waals surface area contributed by atoms with E-state index in [2.05, 4.69) is 25.7 Å². The van der Waals surface area contributed by atoms with Crippen molar-refractivity contribution in [2.75, 3.05) is 7.11 Å². The standard InChI is InChI=1S/C9H7BrF3NO2/c1-16-7(15)4-5-2-3-6(8(10)14-5)9(11,12)13/h2-3H,4H2,1H3. The Morgan fingerprint density at radius 2 is 2.12 bits per heavy atom. The van der Waals surface area contributed by atoms with Gasteiger partial charge in [-0.2, -0.15) is 13.2 Å². The van der Waals surface area contributed by atoms with Crippen LogP contribution in [0.1, 0.15) is 11.3 Å². The van der Waals surface area contributed by atoms with E-state index in [-0.39, 0.29) is 16.7 Å². The van der Waals surface area contributed by atoms with Gasteiger partial charge in [-0.05, 0) is 28.1 Å². The predicted octanol–water partition coefficient (Wildman–Crippen LogP) is 2.58. The van der Waals surface area contributed by atoms with E-state index in [1.165, 1.54) is 7.11 Å². The van der Waals surface area contributed by atoms with Crippen LogP contribution in [0.4, 0.5) is 13.2 Å². The number of methoxy groups -OCH3 is 1. The number of alkyl halides is 3. The van der Waals surface area contributed by atoms with Gasteiger partial charge < -0.3 is 4.74 Å². The minimum absolute atomic E-state index is 0.159. The number of ether oxygens (including phenoxy) is 1. The fourth-order valence-corrected chi connectivity index (χ4v) is 1.59. The molecular weight excluding hydrogens is 291 g/mol. The first kappa shape index (κ1) is 13.0. The molecule has 1 heterocycles. The summed E-state index contributed by atoms with van der Waals surface area (Å²) in [5.41, 5.74) is -0.659. The van der Waals surface area contributed by atoms with Crippen molar-refractivity contribution in [3.63, 3.8) is 0 Å². The average molecular weight is 298 g/mol. The van der Waals surface area contributed by atoms with Crippen molar-refractivity contribution in [3.8, 4) is 0 Å². The van der Waals surface area contributed by atoms with Gasteiger partial charge in [-0.15, -0.1) is 0 Å². The molecule has 0 saturated carbocycles. The molecule has 0 radical (unpaired) electrons. The Kier molecular flexibility index (Phi) is 3.90. The number of rotatable bonds is 2. The minimum atomic E-state index is -4.46. The lowest BCUT2D eigenvalue weighted by molar-refractivity contribution is -0.139. The maximum absolute atomic E-state index is 12.3. The van der Waals surface area contributed by atoms with Crippen LogP contribution in [-0.2, 0) is 22.1 Å². The van der Waals surface area contributed by atoms with Gasteiger partial charge in [0.15, 0.2) is 0 Å². The molecule has 0 amide bonds. The van der Waals surface area contributed by atoms with E-state index in [0.29, 0.717) is 0 Å². The molecule has 1 aromatic rings. The first-order chi connectivity index (χ1) is 7.34. The van der Waals surface area contributed by atoms with E-state index in [1.807, 2.05) is 0 Å². The number of aromatic nitrogens is 1. The molecule has 0 aromatic carbocycles. The third kappa shape index (κ3) is 3.19. The number of pyridine rings is 1. The van der Waals surface area contributed by atoms with Gasteiger partial charge in [0.1, 0.15) is 4.60 Å². The Bertz CT molecular complexity index is 406. The smallest absolute Gasteiger partial charge is 0.419 e. The second-order valence-electron chi connectivity index (χ2n) is 2.89. The summed E-state index contributed by atoms with van der Waals surface area (Å²) in [4.78, 5) is 14.5. The molecule has 0 aliphatic heterocycles. The molecule has 88 valence electrons. The predicted molar refractivity (Wildman–Crippen MR) is 52.7 cm³/mol. The number of carbonyl (C=O) groups excluding carboxylic acids is 1. The Hall–Kier alpha value is -1.11. The molecule has 0 saturated heterocycles. The van der Waals surface area contributed by atoms with Crippen LogP contribution in [0.2, 0.25) is 0 Å². The lowest BCUT2D eigenvalue weighted by Gasteiger charge is -2.09. The Balaban J connectivity index is 2.96. The van der Waals surface area contributed by atoms with E-state index in [4.69, 9.17) is 0 Å². The summed E-state index contributed by atoms with van der Waals surface area (Å²) in [5.74, 6) is -0.556. The van der Waals surface area contributed by atoms with Crippen molar-refractivity contribution < 1.29 is 22.7 Å². The molecule has 0 aliphatic carbocycles. The van der Waals surface area contributed by atoms with Gasteiger partial charge >= 0.3 is 12.1 Å². The van der Waals surface area contributed by atoms with Gasteiger partial charge in [-0.25, -0.2) is 4.98 Å². The third-order valence-electron chi connectivity index (χ3n) is 1.76. The van der Waals surface area contributed by atoms with Crippen molar-refractivity contribution >= 4 is 21.9 Å². The van der Waals surface area contributed by atoms with Crippen LogP contribution in [0.3, 0.4) is 0 Å². The van der Waals surface area contributed by atoms with Gasteiger partial charge in [0.2, 0.25) is 0 Å². The molecule has 7 heteroatoms. The number of halogens is 4. The number of hydrogen-bond acceptors (Lipinski definition) is 3. The SMILES string of the molecule is COC(=O)Cc1ccc(C(F)(F)F)c(Br)n1. The zero-order valence-electron chi connectivity index (χ0n) is 8.14. The molecular formula is C9H7BrF3NO2. The van der Waals surface area contributed by atoms with Crippen molar-refractivity contribution in [1.29, 1.82) is 0 Å². The fourth-order valence-electron chi connectivity index (χ4n) is 1.00. The molecule has 0 aliphatic rings. The van der Waals surface area contributed by atoms with Crippen LogP contribution in [0, 0.1) is 0 Å². The molecule has 0 N–H and O–H groups in total. The maximum Gasteiger partial charge on any atom is 0.419 e. The zero-order chi connectivity index (χ0) is 12.3. The van der Waals surface area contributed by atoms with E-state index in [1.54, 1.807) is 0 Å². The number of nitrogens with zero attached hydrogens (tertiary/aromatic N) is 1. The fraction of sp³-hybridized carbons (Fsp3) is 0.333. The van der Waals surface area contributed by atoms with Gasteiger partial charge in [-0.3, -0.25) is 4.79 Å². The summed E-state index contributed by atoms with van der Waals surface area (Å²) < 4.78 is 41.1. The van der Waals surface area contributed by atoms with Crippen LogP contribution in [-0.4, -0.2) is 18.1 Å². The lowest BCUT2D eigenvalue weighted by Crippen LogP contribution is -2.10. The maximum atomic E-state index is 12.3. The van der Waals surface area contributed by atoms with Crippen LogP contribution >= 0.6 is 15.9 Å². The third-order valence-corrected chi connectivity index (χ3v) is 2.37. The number of esters is 1. The van der Waals surface area contributed by atoms with Crippen LogP contribution in [0.5, 0.6) is 0 Å². The van der Waals surface area contributed by atoms with Crippen molar-refractivity contribution in [2.24, 2.45) is 0 Å². The topological polar surface area (TPSA) is 39.2 Å². The average Bonchev–Trinajstić information content (AvgIpc) is 2.15. The van der Waals surface area contributed by atoms with Crippen LogP contribution in [0.25, 0.3) is 0 Å². The number of carbonyl (C=O) groups is 1. The van der Waals surface area contributed by atoms with Gasteiger partial charge in [0.25, 0.3) is 0 Å². The summed E-state index contributed by atoms with van der Waals surface area (Å²) in [6.07, 6.45) is -4.62. The lowest BCUT2D eigenvalue weighted by atomic mass is 10.2. The van der Waals surface area contributed by atoms with Crippen LogP contribution < -0.4 is 0 Å².